The van der Waals surface area contributed by atoms with Crippen LogP contribution in [0.25, 0.3) is 16.0 Å². The molecule has 1 aliphatic rings. The van der Waals surface area contributed by atoms with Gasteiger partial charge in [0.2, 0.25) is 5.69 Å². The van der Waals surface area contributed by atoms with Gasteiger partial charge in [-0.3, -0.25) is 4.79 Å². The minimum absolute atomic E-state index is 0.156. The van der Waals surface area contributed by atoms with Gasteiger partial charge in [0.05, 0.1) is 35.8 Å². The third-order valence-electron chi connectivity index (χ3n) is 4.74. The summed E-state index contributed by atoms with van der Waals surface area (Å²) in [4.78, 5) is 19.5. The lowest BCUT2D eigenvalue weighted by atomic mass is 10.0. The number of halogens is 2. The average Bonchev–Trinajstić information content (AvgIpc) is 3.13. The molecule has 6 nitrogen and oxygen atoms in total. The van der Waals surface area contributed by atoms with Gasteiger partial charge < -0.3 is 19.7 Å². The highest BCUT2D eigenvalue weighted by Gasteiger charge is 2.28. The number of nitrogens with zero attached hydrogens (tertiary/aromatic N) is 2. The molecule has 31 heavy (non-hydrogen) atoms. The number of hydrogen-bond acceptors (Lipinski definition) is 5. The van der Waals surface area contributed by atoms with Crippen molar-refractivity contribution in [1.82, 2.24) is 5.32 Å². The van der Waals surface area contributed by atoms with Gasteiger partial charge in [0.1, 0.15) is 0 Å². The molecule has 0 atom stereocenters. The maximum absolute atomic E-state index is 13.1. The van der Waals surface area contributed by atoms with Crippen LogP contribution in [-0.2, 0) is 9.47 Å². The van der Waals surface area contributed by atoms with E-state index in [1.165, 1.54) is 11.3 Å². The highest BCUT2D eigenvalue weighted by atomic mass is 35.5. The zero-order valence-electron chi connectivity index (χ0n) is 17.5. The van der Waals surface area contributed by atoms with Crippen LogP contribution < -0.4 is 10.2 Å². The van der Waals surface area contributed by atoms with Gasteiger partial charge in [0, 0.05) is 41.8 Å². The molecule has 9 heteroatoms. The van der Waals surface area contributed by atoms with E-state index in [9.17, 15) is 4.79 Å². The van der Waals surface area contributed by atoms with Crippen molar-refractivity contribution in [2.24, 2.45) is 0 Å². The maximum atomic E-state index is 13.1. The number of anilines is 1. The van der Waals surface area contributed by atoms with Gasteiger partial charge in [0.15, 0.2) is 0 Å². The number of ether oxygens (including phenoxy) is 2. The van der Waals surface area contributed by atoms with Crippen LogP contribution in [0.4, 0.5) is 10.7 Å². The molecule has 0 aliphatic carbocycles. The molecular weight excluding hydrogens is 457 g/mol. The summed E-state index contributed by atoms with van der Waals surface area (Å²) in [5.41, 5.74) is 1.62. The predicted octanol–water partition coefficient (Wildman–Crippen LogP) is 5.65. The number of thiophene rings is 1. The summed E-state index contributed by atoms with van der Waals surface area (Å²) in [5, 5.41) is 4.63. The zero-order valence-corrected chi connectivity index (χ0v) is 19.9. The van der Waals surface area contributed by atoms with Crippen molar-refractivity contribution < 1.29 is 14.3 Å². The van der Waals surface area contributed by atoms with E-state index < -0.39 is 0 Å². The number of hydrogen-bond donors (Lipinski definition) is 1. The number of carbonyl (C=O) groups excluding carboxylic acids is 1. The minimum atomic E-state index is -0.222. The Kier molecular flexibility index (Phi) is 8.58. The fraction of sp³-hybridized carbons (Fsp3) is 0.455. The zero-order chi connectivity index (χ0) is 22.4. The first-order valence-corrected chi connectivity index (χ1v) is 11.7. The van der Waals surface area contributed by atoms with E-state index >= 15 is 0 Å². The van der Waals surface area contributed by atoms with E-state index in [2.05, 4.69) is 15.1 Å². The predicted molar refractivity (Wildman–Crippen MR) is 127 cm³/mol. The van der Waals surface area contributed by atoms with Crippen LogP contribution in [-0.4, -0.2) is 51.5 Å². The highest BCUT2D eigenvalue weighted by Crippen LogP contribution is 2.50. The fourth-order valence-corrected chi connectivity index (χ4v) is 5.00. The maximum Gasteiger partial charge on any atom is 0.260 e. The second-order valence-electron chi connectivity index (χ2n) is 7.32. The number of carbonyl (C=O) groups is 1. The molecule has 0 bridgehead atoms. The van der Waals surface area contributed by atoms with Gasteiger partial charge in [-0.1, -0.05) is 29.3 Å². The van der Waals surface area contributed by atoms with Crippen molar-refractivity contribution in [3.05, 3.63) is 44.5 Å². The lowest BCUT2D eigenvalue weighted by Crippen LogP contribution is -2.35. The molecule has 1 amide bonds. The monoisotopic (exact) mass is 481 g/mol. The Morgan fingerprint density at radius 2 is 2.10 bits per heavy atom. The summed E-state index contributed by atoms with van der Waals surface area (Å²) in [6, 6.07) is 5.11. The molecule has 2 aromatic rings. The average molecular weight is 482 g/mol. The normalized spacial score (nSPS) is 14.0. The van der Waals surface area contributed by atoms with Crippen LogP contribution in [0.5, 0.6) is 0 Å². The molecule has 1 N–H and O–H groups in total. The van der Waals surface area contributed by atoms with Crippen LogP contribution in [0.2, 0.25) is 10.0 Å². The lowest BCUT2D eigenvalue weighted by molar-refractivity contribution is 0.0757. The number of benzene rings is 1. The largest absolute Gasteiger partial charge is 0.379 e. The van der Waals surface area contributed by atoms with E-state index in [-0.39, 0.29) is 12.0 Å². The second kappa shape index (κ2) is 11.2. The van der Waals surface area contributed by atoms with Gasteiger partial charge in [0.25, 0.3) is 5.91 Å². The summed E-state index contributed by atoms with van der Waals surface area (Å²) < 4.78 is 11.0. The number of morpholine rings is 1. The van der Waals surface area contributed by atoms with Crippen molar-refractivity contribution in [3.63, 3.8) is 0 Å². The number of nitrogens with one attached hydrogen (secondary N) is 1. The fourth-order valence-electron chi connectivity index (χ4n) is 3.27. The third kappa shape index (κ3) is 5.91. The number of rotatable bonds is 8. The Balaban J connectivity index is 1.95. The first-order chi connectivity index (χ1) is 14.9. The van der Waals surface area contributed by atoms with Crippen LogP contribution in [0.15, 0.2) is 18.2 Å². The molecule has 1 aromatic heterocycles. The molecule has 1 aliphatic heterocycles. The third-order valence-corrected chi connectivity index (χ3v) is 6.53. The second-order valence-corrected chi connectivity index (χ2v) is 9.17. The van der Waals surface area contributed by atoms with E-state index in [0.717, 1.165) is 5.00 Å². The molecule has 0 saturated carbocycles. The van der Waals surface area contributed by atoms with E-state index in [1.807, 2.05) is 13.8 Å². The molecule has 2 heterocycles. The molecule has 3 rings (SSSR count). The summed E-state index contributed by atoms with van der Waals surface area (Å²) in [6.45, 7) is 15.4. The molecular formula is C22H25Cl2N3O3S. The Morgan fingerprint density at radius 1 is 1.35 bits per heavy atom. The summed E-state index contributed by atoms with van der Waals surface area (Å²) >= 11 is 13.9. The Bertz CT molecular complexity index is 966. The van der Waals surface area contributed by atoms with Crippen molar-refractivity contribution in [3.8, 4) is 11.1 Å². The minimum Gasteiger partial charge on any atom is -0.379 e. The SMILES string of the molecule is [C-]#[N+]c1c(N2CCOCC2)sc(C(=O)NCCCOC(C)C)c1-c1ccc(Cl)cc1Cl. The van der Waals surface area contributed by atoms with Crippen LogP contribution >= 0.6 is 34.5 Å². The molecule has 1 fully saturated rings. The van der Waals surface area contributed by atoms with Gasteiger partial charge in [-0.25, -0.2) is 4.85 Å². The van der Waals surface area contributed by atoms with Crippen LogP contribution in [0, 0.1) is 6.57 Å². The van der Waals surface area contributed by atoms with Gasteiger partial charge in [-0.05, 0) is 38.0 Å². The number of amides is 1. The Morgan fingerprint density at radius 3 is 2.74 bits per heavy atom. The summed E-state index contributed by atoms with van der Waals surface area (Å²) in [6.07, 6.45) is 0.863. The first kappa shape index (κ1) is 23.8. The Labute approximate surface area is 196 Å². The van der Waals surface area contributed by atoms with Crippen molar-refractivity contribution in [2.45, 2.75) is 26.4 Å². The lowest BCUT2D eigenvalue weighted by Gasteiger charge is -2.28. The van der Waals surface area contributed by atoms with Crippen molar-refractivity contribution >= 4 is 51.1 Å². The topological polar surface area (TPSA) is 55.2 Å². The standard InChI is InChI=1S/C22H25Cl2N3O3S/c1-14(2)30-10-4-7-26-21(28)20-18(16-6-5-15(23)13-17(16)24)19(25-3)22(31-20)27-8-11-29-12-9-27/h5-6,13-14H,4,7-12H2,1-2H3,(H,26,28). The van der Waals surface area contributed by atoms with Gasteiger partial charge in [-0.15, -0.1) is 11.3 Å². The van der Waals surface area contributed by atoms with E-state index in [1.54, 1.807) is 18.2 Å². The van der Waals surface area contributed by atoms with Crippen LogP contribution in [0.3, 0.4) is 0 Å². The summed E-state index contributed by atoms with van der Waals surface area (Å²) in [7, 11) is 0. The molecule has 0 spiro atoms. The van der Waals surface area contributed by atoms with E-state index in [4.69, 9.17) is 39.2 Å². The summed E-state index contributed by atoms with van der Waals surface area (Å²) in [5.74, 6) is -0.222. The molecule has 1 saturated heterocycles. The molecule has 166 valence electrons. The molecule has 1 aromatic carbocycles. The molecule has 0 radical (unpaired) electrons. The quantitative estimate of drug-likeness (QED) is 0.390. The Hall–Kier alpha value is -1.82. The van der Waals surface area contributed by atoms with Gasteiger partial charge >= 0.3 is 0 Å². The first-order valence-electron chi connectivity index (χ1n) is 10.1. The van der Waals surface area contributed by atoms with Crippen molar-refractivity contribution in [2.75, 3.05) is 44.4 Å². The molecule has 0 unspecified atom stereocenters. The van der Waals surface area contributed by atoms with Crippen molar-refractivity contribution in [1.29, 1.82) is 0 Å². The van der Waals surface area contributed by atoms with Crippen LogP contribution in [0.1, 0.15) is 29.9 Å². The highest BCUT2D eigenvalue weighted by molar-refractivity contribution is 7.19. The van der Waals surface area contributed by atoms with Gasteiger partial charge in [-0.2, -0.15) is 0 Å². The van der Waals surface area contributed by atoms with E-state index in [0.29, 0.717) is 77.6 Å². The smallest absolute Gasteiger partial charge is 0.260 e.